The van der Waals surface area contributed by atoms with Gasteiger partial charge < -0.3 is 10.5 Å². The van der Waals surface area contributed by atoms with Crippen LogP contribution in [0.5, 0.6) is 0 Å². The maximum absolute atomic E-state index is 11.1. The van der Waals surface area contributed by atoms with Gasteiger partial charge in [0.05, 0.1) is 6.61 Å². The fourth-order valence-corrected chi connectivity index (χ4v) is 1.74. The van der Waals surface area contributed by atoms with Gasteiger partial charge in [-0.1, -0.05) is 13.3 Å². The zero-order valence-corrected chi connectivity index (χ0v) is 11.4. The molecule has 0 fully saturated rings. The van der Waals surface area contributed by atoms with E-state index in [4.69, 9.17) is 21.7 Å². The molecular weight excluding hydrogens is 251 g/mol. The van der Waals surface area contributed by atoms with E-state index in [2.05, 4.69) is 5.09 Å². The van der Waals surface area contributed by atoms with Crippen LogP contribution in [0.15, 0.2) is 0 Å². The molecule has 0 saturated heterocycles. The number of nitrogens with one attached hydrogen (secondary N) is 1. The minimum Gasteiger partial charge on any atom is -0.464 e. The molecule has 16 heavy (non-hydrogen) atoms. The Balaban J connectivity index is 3.74. The van der Waals surface area contributed by atoms with Crippen molar-refractivity contribution in [1.29, 1.82) is 0 Å². The van der Waals surface area contributed by atoms with E-state index in [0.717, 1.165) is 12.8 Å². The molecular formula is C9H20ClN2O3P. The van der Waals surface area contributed by atoms with Gasteiger partial charge in [-0.15, -0.1) is 0 Å². The first kappa shape index (κ1) is 15.9. The van der Waals surface area contributed by atoms with Crippen molar-refractivity contribution < 1.29 is 14.1 Å². The van der Waals surface area contributed by atoms with E-state index in [0.29, 0.717) is 13.2 Å². The van der Waals surface area contributed by atoms with Crippen molar-refractivity contribution in [3.8, 4) is 0 Å². The molecule has 0 radical (unpaired) electrons. The average Bonchev–Trinajstić information content (AvgIpc) is 2.21. The highest BCUT2D eigenvalue weighted by molar-refractivity contribution is 7.72. The Kier molecular flexibility index (Phi) is 8.94. The highest BCUT2D eigenvalue weighted by Gasteiger charge is 2.13. The van der Waals surface area contributed by atoms with Crippen LogP contribution in [0.4, 0.5) is 0 Å². The number of ether oxygens (including phenoxy) is 1. The normalized spacial score (nSPS) is 16.5. The Morgan fingerprint density at radius 3 is 2.69 bits per heavy atom. The minimum absolute atomic E-state index is 0.244. The topological polar surface area (TPSA) is 81.4 Å². The second-order valence-corrected chi connectivity index (χ2v) is 5.61. The van der Waals surface area contributed by atoms with Crippen LogP contribution in [0.1, 0.15) is 26.7 Å². The maximum atomic E-state index is 11.1. The SMILES string of the molecule is CCC(CCN[PH](=O)Cl)COC(=O)[C@H](C)N. The number of carbonyl (C=O) groups excluding carboxylic acids is 1. The first-order valence-electron chi connectivity index (χ1n) is 5.32. The Labute approximate surface area is 102 Å². The lowest BCUT2D eigenvalue weighted by molar-refractivity contribution is -0.146. The molecule has 3 N–H and O–H groups in total. The van der Waals surface area contributed by atoms with Crippen LogP contribution in [0.3, 0.4) is 0 Å². The summed E-state index contributed by atoms with van der Waals surface area (Å²) in [6.07, 6.45) is 1.66. The van der Waals surface area contributed by atoms with E-state index in [1.165, 1.54) is 0 Å². The van der Waals surface area contributed by atoms with Gasteiger partial charge in [0.25, 0.3) is 0 Å². The average molecular weight is 271 g/mol. The Morgan fingerprint density at radius 1 is 1.62 bits per heavy atom. The molecule has 96 valence electrons. The molecule has 0 aromatic rings. The molecule has 0 amide bonds. The maximum Gasteiger partial charge on any atom is 0.322 e. The lowest BCUT2D eigenvalue weighted by Crippen LogP contribution is -2.30. The molecule has 0 heterocycles. The third-order valence-corrected chi connectivity index (χ3v) is 3.16. The van der Waals surface area contributed by atoms with Crippen LogP contribution < -0.4 is 10.8 Å². The third kappa shape index (κ3) is 8.11. The number of rotatable bonds is 8. The molecule has 0 aromatic heterocycles. The summed E-state index contributed by atoms with van der Waals surface area (Å²) < 4.78 is 15.6. The number of halogens is 1. The molecule has 3 atom stereocenters. The van der Waals surface area contributed by atoms with Crippen molar-refractivity contribution in [3.63, 3.8) is 0 Å². The van der Waals surface area contributed by atoms with Crippen molar-refractivity contribution >= 4 is 24.5 Å². The number of hydrogen-bond donors (Lipinski definition) is 2. The summed E-state index contributed by atoms with van der Waals surface area (Å²) >= 11 is 5.31. The fourth-order valence-electron chi connectivity index (χ4n) is 1.11. The van der Waals surface area contributed by atoms with Gasteiger partial charge in [0.15, 0.2) is 0 Å². The van der Waals surface area contributed by atoms with Gasteiger partial charge >= 0.3 is 5.97 Å². The Hall–Kier alpha value is -0.0900. The molecule has 0 spiro atoms. The summed E-state index contributed by atoms with van der Waals surface area (Å²) in [6, 6.07) is -0.588. The highest BCUT2D eigenvalue weighted by Crippen LogP contribution is 2.20. The van der Waals surface area contributed by atoms with Gasteiger partial charge in [-0.3, -0.25) is 14.4 Å². The zero-order valence-electron chi connectivity index (χ0n) is 9.66. The standard InChI is InChI=1S/C9H20ClN2O3P/c1-3-8(4-5-12-16(10)14)6-15-9(13)7(2)11/h7-8,16H,3-6,11H2,1-2H3,(H,12,14)/t7-,8?/m0/s1. The van der Waals surface area contributed by atoms with Crippen LogP contribution in [0, 0.1) is 5.92 Å². The minimum atomic E-state index is -2.14. The van der Waals surface area contributed by atoms with E-state index in [1.807, 2.05) is 6.92 Å². The van der Waals surface area contributed by atoms with Gasteiger partial charge in [0, 0.05) is 6.54 Å². The predicted molar refractivity (Wildman–Crippen MR) is 65.9 cm³/mol. The third-order valence-electron chi connectivity index (χ3n) is 2.23. The molecule has 2 unspecified atom stereocenters. The summed E-state index contributed by atoms with van der Waals surface area (Å²) in [7, 11) is -2.14. The molecule has 7 heteroatoms. The first-order chi connectivity index (χ1) is 7.47. The number of carbonyl (C=O) groups is 1. The monoisotopic (exact) mass is 270 g/mol. The van der Waals surface area contributed by atoms with Gasteiger partial charge in [0.1, 0.15) is 6.04 Å². The molecule has 0 saturated carbocycles. The van der Waals surface area contributed by atoms with Crippen LogP contribution >= 0.6 is 18.5 Å². The quantitative estimate of drug-likeness (QED) is 0.516. The van der Waals surface area contributed by atoms with E-state index in [-0.39, 0.29) is 5.92 Å². The van der Waals surface area contributed by atoms with Crippen molar-refractivity contribution in [2.75, 3.05) is 13.2 Å². The Morgan fingerprint density at radius 2 is 2.25 bits per heavy atom. The van der Waals surface area contributed by atoms with Crippen molar-refractivity contribution in [2.45, 2.75) is 32.7 Å². The van der Waals surface area contributed by atoms with Gasteiger partial charge in [-0.05, 0) is 30.5 Å². The summed E-state index contributed by atoms with van der Waals surface area (Å²) in [5, 5.41) is 2.67. The summed E-state index contributed by atoms with van der Waals surface area (Å²) in [5.41, 5.74) is 5.36. The van der Waals surface area contributed by atoms with E-state index >= 15 is 0 Å². The molecule has 0 aromatic carbocycles. The second-order valence-electron chi connectivity index (χ2n) is 3.68. The van der Waals surface area contributed by atoms with Crippen LogP contribution in [0.25, 0.3) is 0 Å². The van der Waals surface area contributed by atoms with Crippen LogP contribution in [0.2, 0.25) is 0 Å². The van der Waals surface area contributed by atoms with Gasteiger partial charge in [0.2, 0.25) is 7.30 Å². The largest absolute Gasteiger partial charge is 0.464 e. The van der Waals surface area contributed by atoms with Crippen LogP contribution in [-0.2, 0) is 14.1 Å². The molecule has 0 aliphatic carbocycles. The fraction of sp³-hybridized carbons (Fsp3) is 0.889. The highest BCUT2D eigenvalue weighted by atomic mass is 35.7. The van der Waals surface area contributed by atoms with Crippen LogP contribution in [-0.4, -0.2) is 25.2 Å². The lowest BCUT2D eigenvalue weighted by atomic mass is 10.0. The predicted octanol–water partition coefficient (Wildman–Crippen LogP) is 1.51. The molecule has 0 aliphatic heterocycles. The van der Waals surface area contributed by atoms with E-state index in [9.17, 15) is 9.36 Å². The lowest BCUT2D eigenvalue weighted by Gasteiger charge is -2.15. The first-order valence-corrected chi connectivity index (χ1v) is 7.74. The van der Waals surface area contributed by atoms with E-state index in [1.54, 1.807) is 6.92 Å². The zero-order chi connectivity index (χ0) is 12.6. The summed E-state index contributed by atoms with van der Waals surface area (Å²) in [5.74, 6) is -0.148. The smallest absolute Gasteiger partial charge is 0.322 e. The van der Waals surface area contributed by atoms with Crippen molar-refractivity contribution in [1.82, 2.24) is 5.09 Å². The Bertz CT molecular complexity index is 239. The molecule has 5 nitrogen and oxygen atoms in total. The summed E-state index contributed by atoms with van der Waals surface area (Å²) in [6.45, 7) is 4.51. The molecule has 0 aliphatic rings. The van der Waals surface area contributed by atoms with E-state index < -0.39 is 19.3 Å². The van der Waals surface area contributed by atoms with Gasteiger partial charge in [-0.2, -0.15) is 0 Å². The number of hydrogen-bond acceptors (Lipinski definition) is 4. The summed E-state index contributed by atoms with van der Waals surface area (Å²) in [4.78, 5) is 11.1. The molecule has 0 bridgehead atoms. The van der Waals surface area contributed by atoms with Crippen molar-refractivity contribution in [3.05, 3.63) is 0 Å². The molecule has 0 rings (SSSR count). The van der Waals surface area contributed by atoms with Crippen molar-refractivity contribution in [2.24, 2.45) is 11.7 Å². The van der Waals surface area contributed by atoms with Gasteiger partial charge in [-0.25, -0.2) is 0 Å². The number of esters is 1. The second kappa shape index (κ2) is 8.99. The number of nitrogens with two attached hydrogens (primary N) is 1.